The molecule has 1 aromatic rings. The molecule has 1 aliphatic carbocycles. The van der Waals surface area contributed by atoms with Crippen molar-refractivity contribution in [3.8, 4) is 5.75 Å². The molecule has 1 amide bonds. The molecule has 1 unspecified atom stereocenters. The third-order valence-electron chi connectivity index (χ3n) is 4.26. The van der Waals surface area contributed by atoms with E-state index >= 15 is 0 Å². The fourth-order valence-electron chi connectivity index (χ4n) is 3.16. The summed E-state index contributed by atoms with van der Waals surface area (Å²) in [4.78, 5) is 12.2. The molecule has 23 heavy (non-hydrogen) atoms. The van der Waals surface area contributed by atoms with E-state index in [1.165, 1.54) is 0 Å². The van der Waals surface area contributed by atoms with E-state index in [1.807, 2.05) is 26.0 Å². The van der Waals surface area contributed by atoms with Gasteiger partial charge in [-0.2, -0.15) is 0 Å². The molecule has 2 aliphatic rings. The molecule has 1 heterocycles. The van der Waals surface area contributed by atoms with Crippen LogP contribution in [0.1, 0.15) is 49.9 Å². The van der Waals surface area contributed by atoms with Crippen molar-refractivity contribution < 1.29 is 19.0 Å². The van der Waals surface area contributed by atoms with Crippen LogP contribution in [0.25, 0.3) is 0 Å². The summed E-state index contributed by atoms with van der Waals surface area (Å²) in [5, 5.41) is 2.92. The van der Waals surface area contributed by atoms with Crippen molar-refractivity contribution in [2.24, 2.45) is 0 Å². The minimum absolute atomic E-state index is 0.0550. The van der Waals surface area contributed by atoms with Crippen LogP contribution in [-0.2, 0) is 9.47 Å². The van der Waals surface area contributed by atoms with Crippen LogP contribution >= 0.6 is 0 Å². The maximum absolute atomic E-state index is 12.2. The van der Waals surface area contributed by atoms with Gasteiger partial charge < -0.3 is 19.5 Å². The highest BCUT2D eigenvalue weighted by Gasteiger charge is 2.43. The Balaban J connectivity index is 1.48. The second-order valence-electron chi connectivity index (χ2n) is 6.57. The Hall–Kier alpha value is -1.59. The van der Waals surface area contributed by atoms with Gasteiger partial charge in [0.15, 0.2) is 5.79 Å². The van der Waals surface area contributed by atoms with Crippen LogP contribution in [0, 0.1) is 0 Å². The SMILES string of the molecule is CC(C)Oc1ccc(C(=O)NCC2COC3(CCCC3)O2)cc1. The Morgan fingerprint density at radius 3 is 2.65 bits per heavy atom. The van der Waals surface area contributed by atoms with Crippen molar-refractivity contribution >= 4 is 5.91 Å². The van der Waals surface area contributed by atoms with Crippen molar-refractivity contribution in [2.75, 3.05) is 13.2 Å². The van der Waals surface area contributed by atoms with E-state index in [0.29, 0.717) is 18.7 Å². The summed E-state index contributed by atoms with van der Waals surface area (Å²) in [6.45, 7) is 4.98. The summed E-state index contributed by atoms with van der Waals surface area (Å²) in [6, 6.07) is 7.18. The highest BCUT2D eigenvalue weighted by Crippen LogP contribution is 2.38. The largest absolute Gasteiger partial charge is 0.491 e. The maximum atomic E-state index is 12.2. The molecule has 1 saturated heterocycles. The molecule has 3 rings (SSSR count). The number of hydrogen-bond acceptors (Lipinski definition) is 4. The van der Waals surface area contributed by atoms with Gasteiger partial charge >= 0.3 is 0 Å². The van der Waals surface area contributed by atoms with Gasteiger partial charge in [0.2, 0.25) is 0 Å². The van der Waals surface area contributed by atoms with Gasteiger partial charge in [0, 0.05) is 24.9 Å². The molecule has 0 radical (unpaired) electrons. The molecule has 5 heteroatoms. The zero-order chi connectivity index (χ0) is 16.3. The third-order valence-corrected chi connectivity index (χ3v) is 4.26. The van der Waals surface area contributed by atoms with E-state index in [0.717, 1.165) is 31.4 Å². The smallest absolute Gasteiger partial charge is 0.251 e. The molecule has 1 atom stereocenters. The first kappa shape index (κ1) is 16.3. The summed E-state index contributed by atoms with van der Waals surface area (Å²) in [5.74, 6) is 0.301. The fourth-order valence-corrected chi connectivity index (χ4v) is 3.16. The number of rotatable bonds is 5. The zero-order valence-electron chi connectivity index (χ0n) is 13.8. The van der Waals surface area contributed by atoms with E-state index in [2.05, 4.69) is 5.32 Å². The number of carbonyl (C=O) groups is 1. The van der Waals surface area contributed by atoms with Crippen LogP contribution in [-0.4, -0.2) is 37.1 Å². The highest BCUT2D eigenvalue weighted by molar-refractivity contribution is 5.94. The van der Waals surface area contributed by atoms with Gasteiger partial charge in [-0.25, -0.2) is 0 Å². The lowest BCUT2D eigenvalue weighted by Crippen LogP contribution is -2.35. The lowest BCUT2D eigenvalue weighted by atomic mass is 10.2. The standard InChI is InChI=1S/C18H25NO4/c1-13(2)22-15-7-5-14(6-8-15)17(20)19-11-16-12-21-18(23-16)9-3-4-10-18/h5-8,13,16H,3-4,9-12H2,1-2H3,(H,19,20). The van der Waals surface area contributed by atoms with Crippen LogP contribution in [0.3, 0.4) is 0 Å². The first-order valence-electron chi connectivity index (χ1n) is 8.43. The van der Waals surface area contributed by atoms with Gasteiger partial charge in [-0.3, -0.25) is 4.79 Å². The van der Waals surface area contributed by atoms with Gasteiger partial charge in [-0.05, 0) is 51.0 Å². The van der Waals surface area contributed by atoms with Gasteiger partial charge in [0.25, 0.3) is 5.91 Å². The molecule has 5 nitrogen and oxygen atoms in total. The van der Waals surface area contributed by atoms with Crippen LogP contribution in [0.2, 0.25) is 0 Å². The molecule has 1 saturated carbocycles. The molecule has 0 aromatic heterocycles. The number of nitrogens with one attached hydrogen (secondary N) is 1. The summed E-state index contributed by atoms with van der Waals surface area (Å²) >= 11 is 0. The predicted octanol–water partition coefficient (Wildman–Crippen LogP) is 2.89. The number of amides is 1. The molecule has 1 aromatic carbocycles. The summed E-state index contributed by atoms with van der Waals surface area (Å²) in [5.41, 5.74) is 0.621. The molecular formula is C18H25NO4. The molecule has 2 fully saturated rings. The van der Waals surface area contributed by atoms with Crippen LogP contribution in [0.4, 0.5) is 0 Å². The lowest BCUT2D eigenvalue weighted by molar-refractivity contribution is -0.161. The van der Waals surface area contributed by atoms with E-state index < -0.39 is 0 Å². The Bertz CT molecular complexity index is 534. The van der Waals surface area contributed by atoms with Crippen molar-refractivity contribution in [3.05, 3.63) is 29.8 Å². The second kappa shape index (κ2) is 6.89. The molecular weight excluding hydrogens is 294 g/mol. The Morgan fingerprint density at radius 1 is 1.30 bits per heavy atom. The van der Waals surface area contributed by atoms with Gasteiger partial charge in [0.1, 0.15) is 11.9 Å². The minimum Gasteiger partial charge on any atom is -0.491 e. The van der Waals surface area contributed by atoms with Gasteiger partial charge in [0.05, 0.1) is 12.7 Å². The van der Waals surface area contributed by atoms with E-state index in [9.17, 15) is 4.79 Å². The lowest BCUT2D eigenvalue weighted by Gasteiger charge is -2.21. The molecule has 1 N–H and O–H groups in total. The quantitative estimate of drug-likeness (QED) is 0.906. The monoisotopic (exact) mass is 319 g/mol. The van der Waals surface area contributed by atoms with E-state index in [-0.39, 0.29) is 23.9 Å². The second-order valence-corrected chi connectivity index (χ2v) is 6.57. The number of hydrogen-bond donors (Lipinski definition) is 1. The third kappa shape index (κ3) is 4.03. The normalized spacial score (nSPS) is 22.7. The van der Waals surface area contributed by atoms with Crippen molar-refractivity contribution in [2.45, 2.75) is 57.5 Å². The van der Waals surface area contributed by atoms with Crippen molar-refractivity contribution in [1.29, 1.82) is 0 Å². The Morgan fingerprint density at radius 2 is 2.00 bits per heavy atom. The van der Waals surface area contributed by atoms with Crippen LogP contribution in [0.15, 0.2) is 24.3 Å². The zero-order valence-corrected chi connectivity index (χ0v) is 13.8. The molecule has 126 valence electrons. The Kier molecular flexibility index (Phi) is 4.87. The van der Waals surface area contributed by atoms with E-state index in [4.69, 9.17) is 14.2 Å². The van der Waals surface area contributed by atoms with Gasteiger partial charge in [-0.15, -0.1) is 0 Å². The average Bonchev–Trinajstić information content (AvgIpc) is 3.15. The molecule has 0 bridgehead atoms. The van der Waals surface area contributed by atoms with Crippen molar-refractivity contribution in [3.63, 3.8) is 0 Å². The molecule has 1 spiro atoms. The van der Waals surface area contributed by atoms with Crippen molar-refractivity contribution in [1.82, 2.24) is 5.32 Å². The van der Waals surface area contributed by atoms with Crippen LogP contribution in [0.5, 0.6) is 5.75 Å². The first-order valence-corrected chi connectivity index (χ1v) is 8.43. The average molecular weight is 319 g/mol. The number of carbonyl (C=O) groups excluding carboxylic acids is 1. The number of ether oxygens (including phenoxy) is 3. The fraction of sp³-hybridized carbons (Fsp3) is 0.611. The highest BCUT2D eigenvalue weighted by atomic mass is 16.7. The first-order chi connectivity index (χ1) is 11.1. The topological polar surface area (TPSA) is 56.8 Å². The maximum Gasteiger partial charge on any atom is 0.251 e. The van der Waals surface area contributed by atoms with Gasteiger partial charge in [-0.1, -0.05) is 0 Å². The Labute approximate surface area is 137 Å². The summed E-state index contributed by atoms with van der Waals surface area (Å²) < 4.78 is 17.4. The predicted molar refractivity (Wildman–Crippen MR) is 86.6 cm³/mol. The minimum atomic E-state index is -0.370. The van der Waals surface area contributed by atoms with Crippen LogP contribution < -0.4 is 10.1 Å². The molecule has 1 aliphatic heterocycles. The summed E-state index contributed by atoms with van der Waals surface area (Å²) in [6.07, 6.45) is 4.31. The summed E-state index contributed by atoms with van der Waals surface area (Å²) in [7, 11) is 0. The number of benzene rings is 1. The van der Waals surface area contributed by atoms with E-state index in [1.54, 1.807) is 12.1 Å².